The zero-order chi connectivity index (χ0) is 13.7. The first kappa shape index (κ1) is 14.3. The first-order valence-corrected chi connectivity index (χ1v) is 8.12. The highest BCUT2D eigenvalue weighted by Gasteiger charge is 2.02. The van der Waals surface area contributed by atoms with Gasteiger partial charge in [0.1, 0.15) is 0 Å². The summed E-state index contributed by atoms with van der Waals surface area (Å²) in [5.74, 6) is 0.0345. The minimum atomic E-state index is 0.0345. The van der Waals surface area contributed by atoms with E-state index < -0.39 is 0 Å². The minimum Gasteiger partial charge on any atom is -0.289 e. The summed E-state index contributed by atoms with van der Waals surface area (Å²) < 4.78 is 1.14. The van der Waals surface area contributed by atoms with E-state index in [-0.39, 0.29) is 5.78 Å². The molecule has 0 heterocycles. The van der Waals surface area contributed by atoms with Crippen LogP contribution in [0.1, 0.15) is 15.9 Å². The van der Waals surface area contributed by atoms with E-state index in [1.165, 1.54) is 0 Å². The Kier molecular flexibility index (Phi) is 5.22. The van der Waals surface area contributed by atoms with Crippen LogP contribution in [-0.4, -0.2) is 12.0 Å². The summed E-state index contributed by atoms with van der Waals surface area (Å²) in [6.07, 6.45) is 5.52. The molecule has 0 fully saturated rings. The maximum Gasteiger partial charge on any atom is 0.185 e. The standard InChI is InChI=1S/C16H13IOS/c1-19-14-9-6-13(7-10-14)16(18)11-8-12-4-2-3-5-15(12)17/h2-11H,1H3/b11-8+. The molecule has 0 spiro atoms. The fourth-order valence-corrected chi connectivity index (χ4v) is 2.60. The molecule has 0 amide bonds. The Morgan fingerprint density at radius 2 is 1.79 bits per heavy atom. The fourth-order valence-electron chi connectivity index (χ4n) is 1.63. The molecule has 0 aliphatic carbocycles. The molecular formula is C16H13IOS. The maximum atomic E-state index is 12.0. The van der Waals surface area contributed by atoms with Crippen LogP contribution in [0.4, 0.5) is 0 Å². The van der Waals surface area contributed by atoms with Gasteiger partial charge in [-0.1, -0.05) is 24.3 Å². The van der Waals surface area contributed by atoms with Crippen LogP contribution in [-0.2, 0) is 0 Å². The molecule has 0 aromatic heterocycles. The topological polar surface area (TPSA) is 17.1 Å². The molecule has 0 aliphatic heterocycles. The second-order valence-electron chi connectivity index (χ2n) is 3.95. The van der Waals surface area contributed by atoms with E-state index in [9.17, 15) is 4.79 Å². The summed E-state index contributed by atoms with van der Waals surface area (Å²) in [5, 5.41) is 0. The van der Waals surface area contributed by atoms with Crippen molar-refractivity contribution < 1.29 is 4.79 Å². The van der Waals surface area contributed by atoms with E-state index in [1.807, 2.05) is 60.9 Å². The second kappa shape index (κ2) is 6.91. The molecule has 0 atom stereocenters. The third kappa shape index (κ3) is 3.94. The molecule has 0 aliphatic rings. The first-order valence-electron chi connectivity index (χ1n) is 5.81. The maximum absolute atomic E-state index is 12.0. The Balaban J connectivity index is 2.14. The van der Waals surface area contributed by atoms with Gasteiger partial charge in [0.2, 0.25) is 0 Å². The Morgan fingerprint density at radius 1 is 1.11 bits per heavy atom. The van der Waals surface area contributed by atoms with Crippen LogP contribution in [0.25, 0.3) is 6.08 Å². The van der Waals surface area contributed by atoms with E-state index in [2.05, 4.69) is 22.6 Å². The molecule has 19 heavy (non-hydrogen) atoms. The Labute approximate surface area is 131 Å². The van der Waals surface area contributed by atoms with E-state index in [0.717, 1.165) is 19.6 Å². The minimum absolute atomic E-state index is 0.0345. The van der Waals surface area contributed by atoms with E-state index in [1.54, 1.807) is 17.8 Å². The van der Waals surface area contributed by atoms with Gasteiger partial charge in [-0.3, -0.25) is 4.79 Å². The third-order valence-electron chi connectivity index (χ3n) is 2.69. The highest BCUT2D eigenvalue weighted by Crippen LogP contribution is 2.16. The highest BCUT2D eigenvalue weighted by atomic mass is 127. The molecule has 0 N–H and O–H groups in total. The van der Waals surface area contributed by atoms with Crippen LogP contribution >= 0.6 is 34.4 Å². The van der Waals surface area contributed by atoms with E-state index in [0.29, 0.717) is 0 Å². The smallest absolute Gasteiger partial charge is 0.185 e. The van der Waals surface area contributed by atoms with Gasteiger partial charge in [0.25, 0.3) is 0 Å². The number of halogens is 1. The van der Waals surface area contributed by atoms with Gasteiger partial charge in [-0.15, -0.1) is 11.8 Å². The summed E-state index contributed by atoms with van der Waals surface area (Å²) in [6.45, 7) is 0. The molecule has 0 radical (unpaired) electrons. The molecule has 0 saturated heterocycles. The Bertz CT molecular complexity index is 602. The summed E-state index contributed by atoms with van der Waals surface area (Å²) in [5.41, 5.74) is 1.79. The quantitative estimate of drug-likeness (QED) is 0.325. The van der Waals surface area contributed by atoms with Crippen LogP contribution in [0.2, 0.25) is 0 Å². The molecular weight excluding hydrogens is 367 g/mol. The van der Waals surface area contributed by atoms with Gasteiger partial charge in [-0.05, 0) is 70.8 Å². The van der Waals surface area contributed by atoms with Crippen LogP contribution in [0.15, 0.2) is 59.5 Å². The van der Waals surface area contributed by atoms with Gasteiger partial charge in [-0.2, -0.15) is 0 Å². The lowest BCUT2D eigenvalue weighted by molar-refractivity contribution is 0.104. The van der Waals surface area contributed by atoms with Crippen molar-refractivity contribution in [3.8, 4) is 0 Å². The number of allylic oxidation sites excluding steroid dienone is 1. The summed E-state index contributed by atoms with van der Waals surface area (Å²) in [6, 6.07) is 15.7. The normalized spacial score (nSPS) is 10.8. The molecule has 3 heteroatoms. The van der Waals surface area contributed by atoms with Crippen molar-refractivity contribution in [1.29, 1.82) is 0 Å². The number of thioether (sulfide) groups is 1. The third-order valence-corrected chi connectivity index (χ3v) is 4.42. The zero-order valence-corrected chi connectivity index (χ0v) is 13.4. The molecule has 2 aromatic rings. The van der Waals surface area contributed by atoms with Crippen molar-refractivity contribution in [1.82, 2.24) is 0 Å². The molecule has 96 valence electrons. The average molecular weight is 380 g/mol. The predicted molar refractivity (Wildman–Crippen MR) is 90.7 cm³/mol. The number of carbonyl (C=O) groups excluding carboxylic acids is 1. The fraction of sp³-hybridized carbons (Fsp3) is 0.0625. The van der Waals surface area contributed by atoms with Gasteiger partial charge in [-0.25, -0.2) is 0 Å². The summed E-state index contributed by atoms with van der Waals surface area (Å²) in [4.78, 5) is 13.2. The molecule has 2 rings (SSSR count). The van der Waals surface area contributed by atoms with Crippen molar-refractivity contribution in [2.24, 2.45) is 0 Å². The number of hydrogen-bond donors (Lipinski definition) is 0. The van der Waals surface area contributed by atoms with Crippen LogP contribution in [0, 0.1) is 3.57 Å². The largest absolute Gasteiger partial charge is 0.289 e. The number of ketones is 1. The van der Waals surface area contributed by atoms with Crippen molar-refractivity contribution in [2.75, 3.05) is 6.26 Å². The molecule has 0 saturated carbocycles. The SMILES string of the molecule is CSc1ccc(C(=O)/C=C/c2ccccc2I)cc1. The summed E-state index contributed by atoms with van der Waals surface area (Å²) >= 11 is 3.94. The van der Waals surface area contributed by atoms with E-state index in [4.69, 9.17) is 0 Å². The van der Waals surface area contributed by atoms with Gasteiger partial charge < -0.3 is 0 Å². The summed E-state index contributed by atoms with van der Waals surface area (Å²) in [7, 11) is 0. The lowest BCUT2D eigenvalue weighted by atomic mass is 10.1. The number of carbonyl (C=O) groups is 1. The molecule has 2 aromatic carbocycles. The Morgan fingerprint density at radius 3 is 2.42 bits per heavy atom. The number of rotatable bonds is 4. The second-order valence-corrected chi connectivity index (χ2v) is 5.99. The van der Waals surface area contributed by atoms with Crippen LogP contribution < -0.4 is 0 Å². The van der Waals surface area contributed by atoms with Gasteiger partial charge in [0.05, 0.1) is 0 Å². The predicted octanol–water partition coefficient (Wildman–Crippen LogP) is 4.91. The van der Waals surface area contributed by atoms with Gasteiger partial charge in [0, 0.05) is 14.0 Å². The Hall–Kier alpha value is -1.07. The van der Waals surface area contributed by atoms with Crippen LogP contribution in [0.3, 0.4) is 0 Å². The molecule has 0 bridgehead atoms. The van der Waals surface area contributed by atoms with Crippen molar-refractivity contribution in [3.05, 3.63) is 69.3 Å². The lowest BCUT2D eigenvalue weighted by Gasteiger charge is -1.99. The zero-order valence-electron chi connectivity index (χ0n) is 10.5. The van der Waals surface area contributed by atoms with Crippen molar-refractivity contribution >= 4 is 46.2 Å². The van der Waals surface area contributed by atoms with Gasteiger partial charge in [0.15, 0.2) is 5.78 Å². The van der Waals surface area contributed by atoms with Crippen LogP contribution in [0.5, 0.6) is 0 Å². The lowest BCUT2D eigenvalue weighted by Crippen LogP contribution is -1.93. The molecule has 0 unspecified atom stereocenters. The monoisotopic (exact) mass is 380 g/mol. The highest BCUT2D eigenvalue weighted by molar-refractivity contribution is 14.1. The average Bonchev–Trinajstić information content (AvgIpc) is 2.46. The van der Waals surface area contributed by atoms with Crippen molar-refractivity contribution in [2.45, 2.75) is 4.90 Å². The number of benzene rings is 2. The molecule has 1 nitrogen and oxygen atoms in total. The van der Waals surface area contributed by atoms with Crippen molar-refractivity contribution in [3.63, 3.8) is 0 Å². The van der Waals surface area contributed by atoms with Gasteiger partial charge >= 0.3 is 0 Å². The number of hydrogen-bond acceptors (Lipinski definition) is 2. The first-order chi connectivity index (χ1) is 9.20. The van der Waals surface area contributed by atoms with E-state index >= 15 is 0 Å².